The molecule has 27 heavy (non-hydrogen) atoms. The molecule has 8 heteroatoms. The summed E-state index contributed by atoms with van der Waals surface area (Å²) in [7, 11) is 0. The molecule has 0 atom stereocenters. The number of ether oxygens (including phenoxy) is 2. The Morgan fingerprint density at radius 1 is 1.19 bits per heavy atom. The van der Waals surface area contributed by atoms with E-state index in [0.717, 1.165) is 11.6 Å². The summed E-state index contributed by atoms with van der Waals surface area (Å²) < 4.78 is 24.1. The van der Waals surface area contributed by atoms with E-state index in [1.54, 1.807) is 37.4 Å². The van der Waals surface area contributed by atoms with Gasteiger partial charge in [-0.2, -0.15) is 0 Å². The van der Waals surface area contributed by atoms with Crippen LogP contribution in [0.3, 0.4) is 0 Å². The number of pyridine rings is 1. The van der Waals surface area contributed by atoms with E-state index < -0.39 is 5.82 Å². The van der Waals surface area contributed by atoms with E-state index in [-0.39, 0.29) is 23.3 Å². The van der Waals surface area contributed by atoms with E-state index in [1.165, 1.54) is 12.4 Å². The van der Waals surface area contributed by atoms with Gasteiger partial charge < -0.3 is 9.47 Å². The van der Waals surface area contributed by atoms with Crippen molar-refractivity contribution in [2.24, 2.45) is 0 Å². The average molecular weight is 388 g/mol. The highest BCUT2D eigenvalue weighted by Crippen LogP contribution is 2.26. The number of rotatable bonds is 6. The predicted molar refractivity (Wildman–Crippen MR) is 97.1 cm³/mol. The number of esters is 1. The molecule has 0 aliphatic carbocycles. The second-order valence-electron chi connectivity index (χ2n) is 5.44. The smallest absolute Gasteiger partial charge is 0.311 e. The molecule has 0 saturated heterocycles. The van der Waals surface area contributed by atoms with Crippen LogP contribution < -0.4 is 4.74 Å². The highest BCUT2D eigenvalue weighted by atomic mass is 35.5. The van der Waals surface area contributed by atoms with Gasteiger partial charge >= 0.3 is 5.97 Å². The molecule has 0 N–H and O–H groups in total. The van der Waals surface area contributed by atoms with Crippen LogP contribution in [-0.4, -0.2) is 27.5 Å². The summed E-state index contributed by atoms with van der Waals surface area (Å²) in [5, 5.41) is 0.191. The van der Waals surface area contributed by atoms with Crippen molar-refractivity contribution in [2.75, 3.05) is 6.61 Å². The molecule has 1 aromatic carbocycles. The van der Waals surface area contributed by atoms with Crippen LogP contribution in [0.15, 0.2) is 48.9 Å². The third-order valence-corrected chi connectivity index (χ3v) is 3.66. The van der Waals surface area contributed by atoms with Gasteiger partial charge in [0.15, 0.2) is 5.82 Å². The Balaban J connectivity index is 1.74. The van der Waals surface area contributed by atoms with Crippen molar-refractivity contribution in [3.63, 3.8) is 0 Å². The molecule has 0 saturated carbocycles. The van der Waals surface area contributed by atoms with Gasteiger partial charge in [0.1, 0.15) is 5.75 Å². The number of hydrogen-bond donors (Lipinski definition) is 0. The first-order valence-corrected chi connectivity index (χ1v) is 8.49. The first-order chi connectivity index (χ1) is 13.0. The van der Waals surface area contributed by atoms with Gasteiger partial charge in [-0.3, -0.25) is 9.78 Å². The summed E-state index contributed by atoms with van der Waals surface area (Å²) in [5.74, 6) is -0.763. The summed E-state index contributed by atoms with van der Waals surface area (Å²) in [6.07, 6.45) is 4.47. The lowest BCUT2D eigenvalue weighted by Gasteiger charge is -2.07. The standard InChI is InChI=1S/C19H15ClFN3O3/c1-2-26-18(25)8-14-10-22-11-17(24-14)12-3-5-15(6-4-12)27-19-16(21)7-13(20)9-23-19/h3-7,9-11H,2,8H2,1H3. The van der Waals surface area contributed by atoms with E-state index >= 15 is 0 Å². The summed E-state index contributed by atoms with van der Waals surface area (Å²) in [6.45, 7) is 2.06. The van der Waals surface area contributed by atoms with Crippen LogP contribution in [-0.2, 0) is 16.0 Å². The predicted octanol–water partition coefficient (Wildman–Crippen LogP) is 4.23. The maximum atomic E-state index is 13.8. The molecular weight excluding hydrogens is 373 g/mol. The topological polar surface area (TPSA) is 74.2 Å². The number of carbonyl (C=O) groups excluding carboxylic acids is 1. The number of carbonyl (C=O) groups is 1. The molecule has 0 unspecified atom stereocenters. The first kappa shape index (κ1) is 18.7. The van der Waals surface area contributed by atoms with Crippen molar-refractivity contribution in [3.05, 3.63) is 65.5 Å². The molecule has 6 nitrogen and oxygen atoms in total. The van der Waals surface area contributed by atoms with Crippen LogP contribution in [0.2, 0.25) is 5.02 Å². The molecule has 138 valence electrons. The zero-order valence-corrected chi connectivity index (χ0v) is 15.1. The highest BCUT2D eigenvalue weighted by molar-refractivity contribution is 6.30. The van der Waals surface area contributed by atoms with E-state index in [4.69, 9.17) is 21.1 Å². The SMILES string of the molecule is CCOC(=O)Cc1cncc(-c2ccc(Oc3ncc(Cl)cc3F)cc2)n1. The molecule has 0 spiro atoms. The highest BCUT2D eigenvalue weighted by Gasteiger charge is 2.10. The minimum absolute atomic E-state index is 0.0530. The van der Waals surface area contributed by atoms with Crippen molar-refractivity contribution < 1.29 is 18.7 Å². The second-order valence-corrected chi connectivity index (χ2v) is 5.88. The van der Waals surface area contributed by atoms with E-state index in [1.807, 2.05) is 0 Å². The van der Waals surface area contributed by atoms with Gasteiger partial charge in [0, 0.05) is 18.0 Å². The van der Waals surface area contributed by atoms with Gasteiger partial charge in [0.25, 0.3) is 5.88 Å². The Labute approximate surface area is 160 Å². The van der Waals surface area contributed by atoms with Crippen LogP contribution in [0.25, 0.3) is 11.3 Å². The fraction of sp³-hybridized carbons (Fsp3) is 0.158. The van der Waals surface area contributed by atoms with E-state index in [0.29, 0.717) is 23.7 Å². The van der Waals surface area contributed by atoms with Crippen molar-refractivity contribution in [1.29, 1.82) is 0 Å². The van der Waals surface area contributed by atoms with Crippen molar-refractivity contribution in [3.8, 4) is 22.9 Å². The van der Waals surface area contributed by atoms with Crippen LogP contribution in [0, 0.1) is 5.82 Å². The largest absolute Gasteiger partial charge is 0.466 e. The second kappa shape index (κ2) is 8.55. The molecule has 3 rings (SSSR count). The first-order valence-electron chi connectivity index (χ1n) is 8.11. The van der Waals surface area contributed by atoms with Gasteiger partial charge in [-0.25, -0.2) is 14.4 Å². The fourth-order valence-corrected chi connectivity index (χ4v) is 2.42. The Hall–Kier alpha value is -3.06. The average Bonchev–Trinajstić information content (AvgIpc) is 2.65. The molecule has 0 radical (unpaired) electrons. The van der Waals surface area contributed by atoms with Crippen molar-refractivity contribution >= 4 is 17.6 Å². The van der Waals surface area contributed by atoms with Crippen molar-refractivity contribution in [2.45, 2.75) is 13.3 Å². The molecule has 3 aromatic rings. The number of aromatic nitrogens is 3. The lowest BCUT2D eigenvalue weighted by Crippen LogP contribution is -2.09. The van der Waals surface area contributed by atoms with Gasteiger partial charge in [-0.15, -0.1) is 0 Å². The zero-order valence-electron chi connectivity index (χ0n) is 14.4. The maximum Gasteiger partial charge on any atom is 0.311 e. The normalized spacial score (nSPS) is 10.5. The molecule has 2 heterocycles. The summed E-state index contributed by atoms with van der Waals surface area (Å²) >= 11 is 5.67. The van der Waals surface area contributed by atoms with Gasteiger partial charge in [-0.1, -0.05) is 11.6 Å². The third-order valence-electron chi connectivity index (χ3n) is 3.45. The van der Waals surface area contributed by atoms with Crippen LogP contribution in [0.1, 0.15) is 12.6 Å². The number of benzene rings is 1. The fourth-order valence-electron chi connectivity index (χ4n) is 2.27. The third kappa shape index (κ3) is 4.98. The number of nitrogens with zero attached hydrogens (tertiary/aromatic N) is 3. The molecule has 2 aromatic heterocycles. The Morgan fingerprint density at radius 3 is 2.67 bits per heavy atom. The van der Waals surface area contributed by atoms with E-state index in [9.17, 15) is 9.18 Å². The zero-order chi connectivity index (χ0) is 19.2. The maximum absolute atomic E-state index is 13.8. The Morgan fingerprint density at radius 2 is 1.96 bits per heavy atom. The minimum atomic E-state index is -0.649. The van der Waals surface area contributed by atoms with E-state index in [2.05, 4.69) is 15.0 Å². The Kier molecular flexibility index (Phi) is 5.93. The molecule has 0 aliphatic rings. The summed E-state index contributed by atoms with van der Waals surface area (Å²) in [4.78, 5) is 23.9. The van der Waals surface area contributed by atoms with Gasteiger partial charge in [-0.05, 0) is 37.3 Å². The molecule has 0 aliphatic heterocycles. The van der Waals surface area contributed by atoms with Gasteiger partial charge in [0.05, 0.1) is 35.6 Å². The van der Waals surface area contributed by atoms with Crippen LogP contribution in [0.5, 0.6) is 11.6 Å². The Bertz CT molecular complexity index is 951. The molecule has 0 fully saturated rings. The lowest BCUT2D eigenvalue weighted by atomic mass is 10.1. The minimum Gasteiger partial charge on any atom is -0.466 e. The quantitative estimate of drug-likeness (QED) is 0.589. The number of hydrogen-bond acceptors (Lipinski definition) is 6. The number of halogens is 2. The monoisotopic (exact) mass is 387 g/mol. The molecule has 0 amide bonds. The summed E-state index contributed by atoms with van der Waals surface area (Å²) in [5.41, 5.74) is 1.88. The molecular formula is C19H15ClFN3O3. The summed E-state index contributed by atoms with van der Waals surface area (Å²) in [6, 6.07) is 7.95. The van der Waals surface area contributed by atoms with Gasteiger partial charge in [0.2, 0.25) is 0 Å². The van der Waals surface area contributed by atoms with Crippen molar-refractivity contribution in [1.82, 2.24) is 15.0 Å². The van der Waals surface area contributed by atoms with Crippen LogP contribution in [0.4, 0.5) is 4.39 Å². The van der Waals surface area contributed by atoms with Crippen LogP contribution >= 0.6 is 11.6 Å². The lowest BCUT2D eigenvalue weighted by molar-refractivity contribution is -0.142. The molecule has 0 bridgehead atoms.